The third-order valence-corrected chi connectivity index (χ3v) is 1.17. The van der Waals surface area contributed by atoms with Crippen LogP contribution in [0.25, 0.3) is 0 Å². The van der Waals surface area contributed by atoms with Gasteiger partial charge in [-0.05, 0) is 25.5 Å². The van der Waals surface area contributed by atoms with E-state index < -0.39 is 0 Å². The fraction of sp³-hybridized carbons (Fsp3) is 0.364. The molecule has 0 rings (SSSR count). The van der Waals surface area contributed by atoms with Crippen LogP contribution in [0.5, 0.6) is 0 Å². The SMILES string of the molecule is C=C/C(C)=C(/C=C)N=CC.CC. The van der Waals surface area contributed by atoms with Crippen LogP contribution in [-0.2, 0) is 0 Å². The highest BCUT2D eigenvalue weighted by Gasteiger charge is 1.88. The zero-order valence-electron chi connectivity index (χ0n) is 8.59. The molecule has 0 aromatic heterocycles. The van der Waals surface area contributed by atoms with E-state index in [9.17, 15) is 0 Å². The van der Waals surface area contributed by atoms with Gasteiger partial charge in [0.05, 0.1) is 5.70 Å². The van der Waals surface area contributed by atoms with Gasteiger partial charge in [0.15, 0.2) is 0 Å². The molecular formula is C11H19N. The largest absolute Gasteiger partial charge is 0.261 e. The Balaban J connectivity index is 0. The van der Waals surface area contributed by atoms with Gasteiger partial charge in [-0.2, -0.15) is 0 Å². The third kappa shape index (κ3) is 5.66. The van der Waals surface area contributed by atoms with Crippen molar-refractivity contribution in [2.75, 3.05) is 0 Å². The average molecular weight is 165 g/mol. The normalized spacial score (nSPS) is 11.3. The Morgan fingerprint density at radius 2 is 1.67 bits per heavy atom. The number of hydrogen-bond acceptors (Lipinski definition) is 1. The number of nitrogens with zero attached hydrogens (tertiary/aromatic N) is 1. The molecule has 68 valence electrons. The first-order valence-electron chi connectivity index (χ1n) is 4.20. The molecule has 0 radical (unpaired) electrons. The van der Waals surface area contributed by atoms with Crippen LogP contribution in [-0.4, -0.2) is 6.21 Å². The van der Waals surface area contributed by atoms with Crippen LogP contribution in [0.3, 0.4) is 0 Å². The highest BCUT2D eigenvalue weighted by molar-refractivity contribution is 5.56. The summed E-state index contributed by atoms with van der Waals surface area (Å²) in [5, 5.41) is 0. The van der Waals surface area contributed by atoms with Gasteiger partial charge >= 0.3 is 0 Å². The fourth-order valence-corrected chi connectivity index (χ4v) is 0.559. The first-order chi connectivity index (χ1) is 5.76. The monoisotopic (exact) mass is 165 g/mol. The predicted octanol–water partition coefficient (Wildman–Crippen LogP) is 3.75. The van der Waals surface area contributed by atoms with Crippen LogP contribution in [0.2, 0.25) is 0 Å². The topological polar surface area (TPSA) is 12.4 Å². The smallest absolute Gasteiger partial charge is 0.0648 e. The number of hydrogen-bond donors (Lipinski definition) is 0. The molecule has 1 heteroatoms. The Morgan fingerprint density at radius 1 is 1.17 bits per heavy atom. The van der Waals surface area contributed by atoms with Crippen LogP contribution in [0.1, 0.15) is 27.7 Å². The Hall–Kier alpha value is -1.11. The van der Waals surface area contributed by atoms with Gasteiger partial charge in [-0.1, -0.05) is 33.1 Å². The highest BCUT2D eigenvalue weighted by atomic mass is 14.7. The molecule has 0 spiro atoms. The Bertz CT molecular complexity index is 185. The quantitative estimate of drug-likeness (QED) is 0.446. The summed E-state index contributed by atoms with van der Waals surface area (Å²) >= 11 is 0. The van der Waals surface area contributed by atoms with Gasteiger partial charge in [-0.15, -0.1) is 0 Å². The minimum atomic E-state index is 0.887. The van der Waals surface area contributed by atoms with Gasteiger partial charge in [-0.25, -0.2) is 0 Å². The van der Waals surface area contributed by atoms with Gasteiger partial charge in [0.25, 0.3) is 0 Å². The minimum absolute atomic E-state index is 0.887. The van der Waals surface area contributed by atoms with Crippen LogP contribution in [0.15, 0.2) is 41.6 Å². The van der Waals surface area contributed by atoms with Crippen molar-refractivity contribution in [1.29, 1.82) is 0 Å². The van der Waals surface area contributed by atoms with E-state index in [-0.39, 0.29) is 0 Å². The number of aliphatic imine (C=N–C) groups is 1. The number of rotatable bonds is 3. The third-order valence-electron chi connectivity index (χ3n) is 1.17. The maximum Gasteiger partial charge on any atom is 0.0648 e. The summed E-state index contributed by atoms with van der Waals surface area (Å²) in [7, 11) is 0. The molecular weight excluding hydrogens is 146 g/mol. The molecule has 0 saturated carbocycles. The first kappa shape index (κ1) is 13.5. The van der Waals surface area contributed by atoms with Gasteiger partial charge < -0.3 is 0 Å². The molecule has 0 fully saturated rings. The van der Waals surface area contributed by atoms with E-state index >= 15 is 0 Å². The maximum absolute atomic E-state index is 4.08. The summed E-state index contributed by atoms with van der Waals surface area (Å²) in [5.41, 5.74) is 1.94. The summed E-state index contributed by atoms with van der Waals surface area (Å²) in [6.07, 6.45) is 5.23. The van der Waals surface area contributed by atoms with Crippen molar-refractivity contribution in [3.05, 3.63) is 36.6 Å². The molecule has 0 aromatic carbocycles. The maximum atomic E-state index is 4.08. The summed E-state index contributed by atoms with van der Waals surface area (Å²) in [6, 6.07) is 0. The standard InChI is InChI=1S/C9H13N.C2H6/c1-5-8(4)9(6-2)10-7-3;1-2/h5-7H,1-2H2,3-4H3;1-2H3/b9-8-,10-7?;. The second kappa shape index (κ2) is 9.89. The van der Waals surface area contributed by atoms with Gasteiger partial charge in [0.2, 0.25) is 0 Å². The van der Waals surface area contributed by atoms with E-state index in [0.717, 1.165) is 11.3 Å². The minimum Gasteiger partial charge on any atom is -0.261 e. The van der Waals surface area contributed by atoms with Crippen molar-refractivity contribution in [2.45, 2.75) is 27.7 Å². The molecule has 0 saturated heterocycles. The highest BCUT2D eigenvalue weighted by Crippen LogP contribution is 2.06. The van der Waals surface area contributed by atoms with E-state index in [4.69, 9.17) is 0 Å². The lowest BCUT2D eigenvalue weighted by atomic mass is 10.2. The molecule has 0 aliphatic heterocycles. The van der Waals surface area contributed by atoms with E-state index in [1.165, 1.54) is 0 Å². The van der Waals surface area contributed by atoms with Crippen LogP contribution in [0, 0.1) is 0 Å². The van der Waals surface area contributed by atoms with E-state index in [1.54, 1.807) is 18.4 Å². The fourth-order valence-electron chi connectivity index (χ4n) is 0.559. The molecule has 0 N–H and O–H groups in total. The lowest BCUT2D eigenvalue weighted by Crippen LogP contribution is -1.77. The molecule has 0 bridgehead atoms. The van der Waals surface area contributed by atoms with Crippen molar-refractivity contribution in [3.8, 4) is 0 Å². The first-order valence-corrected chi connectivity index (χ1v) is 4.20. The zero-order valence-corrected chi connectivity index (χ0v) is 8.59. The Morgan fingerprint density at radius 3 is 1.92 bits per heavy atom. The Kier molecular flexibility index (Phi) is 11.1. The molecule has 0 atom stereocenters. The zero-order chi connectivity index (χ0) is 9.98. The molecule has 12 heavy (non-hydrogen) atoms. The van der Waals surface area contributed by atoms with Crippen molar-refractivity contribution >= 4 is 6.21 Å². The number of allylic oxidation sites excluding steroid dienone is 3. The molecule has 0 heterocycles. The van der Waals surface area contributed by atoms with Crippen LogP contribution in [0.4, 0.5) is 0 Å². The summed E-state index contributed by atoms with van der Waals surface area (Å²) in [5.74, 6) is 0. The second-order valence-electron chi connectivity index (χ2n) is 1.86. The van der Waals surface area contributed by atoms with E-state index in [2.05, 4.69) is 18.2 Å². The van der Waals surface area contributed by atoms with Crippen molar-refractivity contribution in [2.24, 2.45) is 4.99 Å². The molecule has 0 aliphatic carbocycles. The lowest BCUT2D eigenvalue weighted by molar-refractivity contribution is 1.32. The Labute approximate surface area is 76.2 Å². The van der Waals surface area contributed by atoms with E-state index in [1.807, 2.05) is 27.7 Å². The lowest BCUT2D eigenvalue weighted by Gasteiger charge is -1.94. The van der Waals surface area contributed by atoms with Gasteiger partial charge in [0.1, 0.15) is 0 Å². The van der Waals surface area contributed by atoms with Gasteiger partial charge in [-0.3, -0.25) is 4.99 Å². The van der Waals surface area contributed by atoms with Crippen molar-refractivity contribution < 1.29 is 0 Å². The van der Waals surface area contributed by atoms with Crippen LogP contribution >= 0.6 is 0 Å². The average Bonchev–Trinajstić information content (AvgIpc) is 2.16. The second-order valence-corrected chi connectivity index (χ2v) is 1.86. The van der Waals surface area contributed by atoms with Crippen molar-refractivity contribution in [1.82, 2.24) is 0 Å². The van der Waals surface area contributed by atoms with E-state index in [0.29, 0.717) is 0 Å². The van der Waals surface area contributed by atoms with Crippen LogP contribution < -0.4 is 0 Å². The summed E-state index contributed by atoms with van der Waals surface area (Å²) < 4.78 is 0. The van der Waals surface area contributed by atoms with Gasteiger partial charge in [0, 0.05) is 6.21 Å². The molecule has 0 unspecified atom stereocenters. The van der Waals surface area contributed by atoms with Crippen molar-refractivity contribution in [3.63, 3.8) is 0 Å². The predicted molar refractivity (Wildman–Crippen MR) is 58.6 cm³/mol. The molecule has 1 nitrogen and oxygen atoms in total. The molecule has 0 aliphatic rings. The molecule has 0 amide bonds. The summed E-state index contributed by atoms with van der Waals surface area (Å²) in [6.45, 7) is 15.1. The molecule has 0 aromatic rings. The summed E-state index contributed by atoms with van der Waals surface area (Å²) in [4.78, 5) is 4.08.